The van der Waals surface area contributed by atoms with Crippen molar-refractivity contribution in [3.05, 3.63) is 36.7 Å². The van der Waals surface area contributed by atoms with E-state index in [9.17, 15) is 8.42 Å². The molecular weight excluding hydrogens is 352 g/mol. The number of nitrogens with zero attached hydrogens (tertiary/aromatic N) is 3. The third-order valence-electron chi connectivity index (χ3n) is 4.94. The Morgan fingerprint density at radius 1 is 1.15 bits per heavy atom. The number of ether oxygens (including phenoxy) is 1. The monoisotopic (exact) mass is 372 g/mol. The fourth-order valence-corrected chi connectivity index (χ4v) is 5.30. The zero-order valence-electron chi connectivity index (χ0n) is 14.4. The van der Waals surface area contributed by atoms with Crippen LogP contribution >= 0.6 is 0 Å². The van der Waals surface area contributed by atoms with Crippen LogP contribution in [-0.2, 0) is 9.84 Å². The van der Waals surface area contributed by atoms with Crippen LogP contribution in [-0.4, -0.2) is 30.1 Å². The fraction of sp³-hybridized carbons (Fsp3) is 0.333. The van der Waals surface area contributed by atoms with E-state index in [1.54, 1.807) is 30.3 Å². The first-order valence-corrected chi connectivity index (χ1v) is 10.0. The number of hydrogen-bond acceptors (Lipinski definition) is 6. The van der Waals surface area contributed by atoms with Gasteiger partial charge >= 0.3 is 0 Å². The van der Waals surface area contributed by atoms with Crippen molar-refractivity contribution in [2.75, 3.05) is 12.8 Å². The summed E-state index contributed by atoms with van der Waals surface area (Å²) in [6.07, 6.45) is 5.36. The second-order valence-corrected chi connectivity index (χ2v) is 8.31. The summed E-state index contributed by atoms with van der Waals surface area (Å²) in [4.78, 5) is 8.65. The second kappa shape index (κ2) is 6.28. The number of benzene rings is 1. The molecule has 0 bridgehead atoms. The number of nitrogen functional groups attached to an aromatic ring is 1. The Balaban J connectivity index is 2.06. The first kappa shape index (κ1) is 16.8. The third-order valence-corrected chi connectivity index (χ3v) is 6.77. The molecule has 2 aromatic heterocycles. The maximum atomic E-state index is 13.3. The molecule has 1 aromatic carbocycles. The van der Waals surface area contributed by atoms with Gasteiger partial charge < -0.3 is 15.0 Å². The van der Waals surface area contributed by atoms with Gasteiger partial charge in [-0.2, -0.15) is 4.98 Å². The van der Waals surface area contributed by atoms with E-state index in [0.717, 1.165) is 25.7 Å². The van der Waals surface area contributed by atoms with E-state index >= 15 is 0 Å². The molecule has 136 valence electrons. The zero-order chi connectivity index (χ0) is 18.3. The average molecular weight is 372 g/mol. The molecule has 0 radical (unpaired) electrons. The summed E-state index contributed by atoms with van der Waals surface area (Å²) in [5.74, 6) is 0.540. The van der Waals surface area contributed by atoms with Crippen LogP contribution in [0.1, 0.15) is 31.7 Å². The quantitative estimate of drug-likeness (QED) is 0.756. The summed E-state index contributed by atoms with van der Waals surface area (Å²) < 4.78 is 33.9. The van der Waals surface area contributed by atoms with Crippen LogP contribution in [0, 0.1) is 0 Å². The van der Waals surface area contributed by atoms with Gasteiger partial charge in [0.05, 0.1) is 12.0 Å². The molecule has 0 amide bonds. The van der Waals surface area contributed by atoms with Crippen molar-refractivity contribution in [3.8, 4) is 5.88 Å². The SMILES string of the molecule is COc1ncnc2c(S(=O)(=O)c3ccccc3)c(N)n(C3CCCC3)c12. The van der Waals surface area contributed by atoms with Crippen molar-refractivity contribution in [1.82, 2.24) is 14.5 Å². The van der Waals surface area contributed by atoms with E-state index in [4.69, 9.17) is 10.5 Å². The highest BCUT2D eigenvalue weighted by Gasteiger charge is 2.33. The van der Waals surface area contributed by atoms with E-state index in [1.807, 2.05) is 4.57 Å². The number of anilines is 1. The molecule has 3 aromatic rings. The molecule has 1 saturated carbocycles. The topological polar surface area (TPSA) is 100 Å². The Morgan fingerprint density at radius 3 is 2.50 bits per heavy atom. The van der Waals surface area contributed by atoms with Gasteiger partial charge in [0, 0.05) is 6.04 Å². The normalized spacial score (nSPS) is 15.6. The van der Waals surface area contributed by atoms with Crippen LogP contribution in [0.3, 0.4) is 0 Å². The molecule has 1 aliphatic carbocycles. The third kappa shape index (κ3) is 2.44. The van der Waals surface area contributed by atoms with E-state index in [2.05, 4.69) is 9.97 Å². The predicted molar refractivity (Wildman–Crippen MR) is 97.9 cm³/mol. The molecule has 4 rings (SSSR count). The van der Waals surface area contributed by atoms with Crippen molar-refractivity contribution in [2.24, 2.45) is 0 Å². The molecule has 8 heteroatoms. The zero-order valence-corrected chi connectivity index (χ0v) is 15.2. The van der Waals surface area contributed by atoms with Gasteiger partial charge in [-0.1, -0.05) is 31.0 Å². The van der Waals surface area contributed by atoms with Gasteiger partial charge in [0.1, 0.15) is 28.1 Å². The molecular formula is C18H20N4O3S. The van der Waals surface area contributed by atoms with E-state index in [-0.39, 0.29) is 21.7 Å². The predicted octanol–water partition coefficient (Wildman–Crippen LogP) is 2.97. The molecule has 7 nitrogen and oxygen atoms in total. The highest BCUT2D eigenvalue weighted by atomic mass is 32.2. The Morgan fingerprint density at radius 2 is 1.85 bits per heavy atom. The van der Waals surface area contributed by atoms with Crippen molar-refractivity contribution < 1.29 is 13.2 Å². The Kier molecular flexibility index (Phi) is 4.07. The molecule has 2 heterocycles. The summed E-state index contributed by atoms with van der Waals surface area (Å²) in [6, 6.07) is 8.40. The summed E-state index contributed by atoms with van der Waals surface area (Å²) in [5, 5.41) is 0. The van der Waals surface area contributed by atoms with Gasteiger partial charge in [0.15, 0.2) is 0 Å². The lowest BCUT2D eigenvalue weighted by atomic mass is 10.2. The highest BCUT2D eigenvalue weighted by Crippen LogP contribution is 2.43. The van der Waals surface area contributed by atoms with Crippen molar-refractivity contribution in [2.45, 2.75) is 41.5 Å². The molecule has 2 N–H and O–H groups in total. The van der Waals surface area contributed by atoms with Gasteiger partial charge in [0.25, 0.3) is 0 Å². The molecule has 1 aliphatic rings. The summed E-state index contributed by atoms with van der Waals surface area (Å²) in [7, 11) is -2.31. The minimum atomic E-state index is -3.82. The summed E-state index contributed by atoms with van der Waals surface area (Å²) in [5.41, 5.74) is 7.26. The van der Waals surface area contributed by atoms with Gasteiger partial charge in [-0.05, 0) is 25.0 Å². The Bertz CT molecular complexity index is 1050. The first-order valence-electron chi connectivity index (χ1n) is 8.54. The minimum absolute atomic E-state index is 0.0336. The lowest BCUT2D eigenvalue weighted by Gasteiger charge is -2.16. The maximum Gasteiger partial charge on any atom is 0.241 e. The standard InChI is InChI=1S/C18H20N4O3S/c1-25-18-15-14(20-11-21-18)16(17(19)22(15)12-7-5-6-8-12)26(23,24)13-9-3-2-4-10-13/h2-4,9-12H,5-8,19H2,1H3. The number of rotatable bonds is 4. The van der Waals surface area contributed by atoms with Crippen LogP contribution in [0.25, 0.3) is 11.0 Å². The van der Waals surface area contributed by atoms with Crippen molar-refractivity contribution in [3.63, 3.8) is 0 Å². The largest absolute Gasteiger partial charge is 0.479 e. The van der Waals surface area contributed by atoms with Crippen LogP contribution in [0.15, 0.2) is 46.5 Å². The van der Waals surface area contributed by atoms with Gasteiger partial charge in [-0.3, -0.25) is 0 Å². The minimum Gasteiger partial charge on any atom is -0.479 e. The summed E-state index contributed by atoms with van der Waals surface area (Å²) in [6.45, 7) is 0. The maximum absolute atomic E-state index is 13.3. The molecule has 0 atom stereocenters. The van der Waals surface area contributed by atoms with E-state index < -0.39 is 9.84 Å². The van der Waals surface area contributed by atoms with Gasteiger partial charge in [-0.25, -0.2) is 13.4 Å². The van der Waals surface area contributed by atoms with Gasteiger partial charge in [0.2, 0.25) is 15.7 Å². The van der Waals surface area contributed by atoms with Crippen LogP contribution < -0.4 is 10.5 Å². The first-order chi connectivity index (χ1) is 12.6. The molecule has 0 saturated heterocycles. The van der Waals surface area contributed by atoms with E-state index in [1.165, 1.54) is 13.4 Å². The number of fused-ring (bicyclic) bond motifs is 1. The molecule has 0 unspecified atom stereocenters. The molecule has 0 aliphatic heterocycles. The van der Waals surface area contributed by atoms with Crippen LogP contribution in [0.5, 0.6) is 5.88 Å². The number of sulfone groups is 1. The van der Waals surface area contributed by atoms with E-state index in [0.29, 0.717) is 16.9 Å². The van der Waals surface area contributed by atoms with Gasteiger partial charge in [-0.15, -0.1) is 0 Å². The number of methoxy groups -OCH3 is 1. The molecule has 26 heavy (non-hydrogen) atoms. The lowest BCUT2D eigenvalue weighted by Crippen LogP contribution is -2.11. The average Bonchev–Trinajstić information content (AvgIpc) is 3.27. The molecule has 0 spiro atoms. The fourth-order valence-electron chi connectivity index (χ4n) is 3.77. The number of nitrogens with two attached hydrogens (primary N) is 1. The number of aromatic nitrogens is 3. The lowest BCUT2D eigenvalue weighted by molar-refractivity contribution is 0.397. The van der Waals surface area contributed by atoms with Crippen LogP contribution in [0.4, 0.5) is 5.82 Å². The second-order valence-electron chi connectivity index (χ2n) is 6.42. The Hall–Kier alpha value is -2.61. The van der Waals surface area contributed by atoms with Crippen LogP contribution in [0.2, 0.25) is 0 Å². The summed E-state index contributed by atoms with van der Waals surface area (Å²) >= 11 is 0. The Labute approximate surface area is 151 Å². The highest BCUT2D eigenvalue weighted by molar-refractivity contribution is 7.92. The molecule has 1 fully saturated rings. The number of hydrogen-bond donors (Lipinski definition) is 1. The smallest absolute Gasteiger partial charge is 0.241 e. The van der Waals surface area contributed by atoms with Crippen molar-refractivity contribution >= 4 is 26.7 Å². The van der Waals surface area contributed by atoms with Crippen molar-refractivity contribution in [1.29, 1.82) is 0 Å².